The number of carbonyl (C=O) groups is 3. The third-order valence-electron chi connectivity index (χ3n) is 8.07. The Kier molecular flexibility index (Phi) is 7.92. The van der Waals surface area contributed by atoms with Crippen molar-refractivity contribution < 1.29 is 34.1 Å². The summed E-state index contributed by atoms with van der Waals surface area (Å²) in [5.74, 6) is 0.365. The zero-order valence-electron chi connectivity index (χ0n) is 21.8. The minimum Gasteiger partial charge on any atom is -0.388 e. The number of carbonyl (C=O) groups excluding carboxylic acids is 3. The van der Waals surface area contributed by atoms with E-state index in [9.17, 15) is 24.6 Å². The second-order valence-corrected chi connectivity index (χ2v) is 11.6. The van der Waals surface area contributed by atoms with Crippen LogP contribution < -0.4 is 10.6 Å². The van der Waals surface area contributed by atoms with Crippen molar-refractivity contribution in [3.63, 3.8) is 0 Å². The zero-order chi connectivity index (χ0) is 26.3. The first-order chi connectivity index (χ1) is 17.7. The van der Waals surface area contributed by atoms with Crippen LogP contribution in [0.2, 0.25) is 0 Å². The molecule has 6 bridgehead atoms. The van der Waals surface area contributed by atoms with Crippen LogP contribution >= 0.6 is 0 Å². The molecule has 208 valence electrons. The van der Waals surface area contributed by atoms with Crippen LogP contribution in [0.25, 0.3) is 0 Å². The monoisotopic (exact) mass is 523 g/mol. The lowest BCUT2D eigenvalue weighted by atomic mass is 10.0. The van der Waals surface area contributed by atoms with Gasteiger partial charge in [-0.1, -0.05) is 0 Å². The molecular weight excluding hydrogens is 482 g/mol. The SMILES string of the molecule is CC(C)NC(=O)N1C[C@@H]2CN(CCO2)C(=O)[C@@H]2C[C@@H](CN2CC2CC2)NC(=O)C[C@@H]2O[C@H](C1)[C@@H](O)[C@H]2O. The molecule has 4 aliphatic heterocycles. The molecule has 5 fully saturated rings. The minimum absolute atomic E-state index is 0.0170. The first-order valence-electron chi connectivity index (χ1n) is 13.7. The van der Waals surface area contributed by atoms with E-state index in [1.54, 1.807) is 0 Å². The van der Waals surface area contributed by atoms with Crippen molar-refractivity contribution in [3.8, 4) is 0 Å². The summed E-state index contributed by atoms with van der Waals surface area (Å²) in [4.78, 5) is 45.2. The number of urea groups is 1. The quantitative estimate of drug-likeness (QED) is 0.350. The Hall–Kier alpha value is -1.99. The highest BCUT2D eigenvalue weighted by Crippen LogP contribution is 2.33. The van der Waals surface area contributed by atoms with Crippen molar-refractivity contribution in [1.29, 1.82) is 0 Å². The molecule has 0 radical (unpaired) electrons. The van der Waals surface area contributed by atoms with Crippen LogP contribution in [-0.2, 0) is 19.1 Å². The van der Waals surface area contributed by atoms with Crippen molar-refractivity contribution in [2.24, 2.45) is 5.92 Å². The smallest absolute Gasteiger partial charge is 0.317 e. The summed E-state index contributed by atoms with van der Waals surface area (Å²) in [5.41, 5.74) is 0. The molecule has 0 spiro atoms. The van der Waals surface area contributed by atoms with Gasteiger partial charge in [-0.3, -0.25) is 14.5 Å². The number of aliphatic hydroxyl groups is 2. The number of morpholine rings is 1. The predicted octanol–water partition coefficient (Wildman–Crippen LogP) is -1.50. The Bertz CT molecular complexity index is 870. The van der Waals surface area contributed by atoms with Gasteiger partial charge in [0.1, 0.15) is 18.3 Å². The van der Waals surface area contributed by atoms with Crippen LogP contribution in [0, 0.1) is 5.92 Å². The lowest BCUT2D eigenvalue weighted by Crippen LogP contribution is -2.56. The number of ether oxygens (including phenoxy) is 2. The van der Waals surface area contributed by atoms with E-state index in [0.717, 1.165) is 6.54 Å². The molecule has 12 nitrogen and oxygen atoms in total. The molecule has 1 aliphatic carbocycles. The summed E-state index contributed by atoms with van der Waals surface area (Å²) in [5, 5.41) is 27.2. The maximum atomic E-state index is 13.7. The van der Waals surface area contributed by atoms with Gasteiger partial charge in [0.2, 0.25) is 11.8 Å². The number of nitrogens with one attached hydrogen (secondary N) is 2. The van der Waals surface area contributed by atoms with E-state index in [1.165, 1.54) is 17.7 Å². The molecule has 12 heteroatoms. The highest BCUT2D eigenvalue weighted by molar-refractivity contribution is 5.83. The fourth-order valence-electron chi connectivity index (χ4n) is 6.00. The lowest BCUT2D eigenvalue weighted by molar-refractivity contribution is -0.144. The minimum atomic E-state index is -1.24. The molecule has 5 rings (SSSR count). The van der Waals surface area contributed by atoms with Crippen LogP contribution in [0.15, 0.2) is 0 Å². The molecule has 0 aromatic rings. The van der Waals surface area contributed by atoms with Gasteiger partial charge in [0.15, 0.2) is 0 Å². The van der Waals surface area contributed by atoms with E-state index in [2.05, 4.69) is 15.5 Å². The number of amides is 4. The van der Waals surface area contributed by atoms with Crippen LogP contribution in [0.3, 0.4) is 0 Å². The predicted molar refractivity (Wildman–Crippen MR) is 131 cm³/mol. The second-order valence-electron chi connectivity index (χ2n) is 11.6. The van der Waals surface area contributed by atoms with Gasteiger partial charge >= 0.3 is 6.03 Å². The summed E-state index contributed by atoms with van der Waals surface area (Å²) < 4.78 is 11.9. The molecule has 4 heterocycles. The zero-order valence-corrected chi connectivity index (χ0v) is 21.8. The number of hydrogen-bond donors (Lipinski definition) is 4. The maximum Gasteiger partial charge on any atom is 0.317 e. The molecule has 7 atom stereocenters. The fraction of sp³-hybridized carbons (Fsp3) is 0.880. The Morgan fingerprint density at radius 1 is 1.11 bits per heavy atom. The van der Waals surface area contributed by atoms with Crippen molar-refractivity contribution in [2.75, 3.05) is 45.9 Å². The van der Waals surface area contributed by atoms with E-state index in [4.69, 9.17) is 9.47 Å². The Morgan fingerprint density at radius 2 is 1.86 bits per heavy atom. The number of aliphatic hydroxyl groups excluding tert-OH is 2. The van der Waals surface area contributed by atoms with Crippen molar-refractivity contribution in [1.82, 2.24) is 25.3 Å². The average Bonchev–Trinajstić information content (AvgIpc) is 3.52. The van der Waals surface area contributed by atoms with Crippen molar-refractivity contribution in [3.05, 3.63) is 0 Å². The molecule has 4 N–H and O–H groups in total. The third-order valence-corrected chi connectivity index (χ3v) is 8.07. The molecule has 0 unspecified atom stereocenters. The molecule has 1 saturated carbocycles. The van der Waals surface area contributed by atoms with Gasteiger partial charge in [0.05, 0.1) is 44.4 Å². The van der Waals surface area contributed by atoms with Crippen LogP contribution in [0.4, 0.5) is 4.79 Å². The summed E-state index contributed by atoms with van der Waals surface area (Å²) in [6.07, 6.45) is -1.85. The van der Waals surface area contributed by atoms with Gasteiger partial charge in [0.25, 0.3) is 0 Å². The number of hydrogen-bond acceptors (Lipinski definition) is 8. The number of rotatable bonds is 3. The van der Waals surface area contributed by atoms with E-state index >= 15 is 0 Å². The Balaban J connectivity index is 1.39. The first-order valence-corrected chi connectivity index (χ1v) is 13.7. The van der Waals surface area contributed by atoms with Gasteiger partial charge in [-0.15, -0.1) is 0 Å². The first kappa shape index (κ1) is 26.6. The topological polar surface area (TPSA) is 144 Å². The van der Waals surface area contributed by atoms with Crippen molar-refractivity contribution >= 4 is 17.8 Å². The molecule has 0 aromatic heterocycles. The lowest BCUT2D eigenvalue weighted by Gasteiger charge is -2.38. The summed E-state index contributed by atoms with van der Waals surface area (Å²) in [7, 11) is 0. The molecule has 4 amide bonds. The summed E-state index contributed by atoms with van der Waals surface area (Å²) in [6, 6.07) is -0.928. The molecule has 37 heavy (non-hydrogen) atoms. The third kappa shape index (κ3) is 6.19. The number of nitrogens with zero attached hydrogens (tertiary/aromatic N) is 3. The fourth-order valence-corrected chi connectivity index (χ4v) is 6.00. The maximum absolute atomic E-state index is 13.7. The number of fused-ring (bicyclic) bond motifs is 6. The van der Waals surface area contributed by atoms with E-state index in [1.807, 2.05) is 18.7 Å². The van der Waals surface area contributed by atoms with E-state index < -0.39 is 30.5 Å². The van der Waals surface area contributed by atoms with Gasteiger partial charge in [-0.2, -0.15) is 0 Å². The van der Waals surface area contributed by atoms with Gasteiger partial charge in [-0.25, -0.2) is 4.79 Å². The Labute approximate surface area is 217 Å². The van der Waals surface area contributed by atoms with Crippen LogP contribution in [0.1, 0.15) is 39.5 Å². The van der Waals surface area contributed by atoms with E-state index in [-0.39, 0.29) is 55.5 Å². The molecule has 5 aliphatic rings. The van der Waals surface area contributed by atoms with Crippen LogP contribution in [0.5, 0.6) is 0 Å². The summed E-state index contributed by atoms with van der Waals surface area (Å²) >= 11 is 0. The van der Waals surface area contributed by atoms with Crippen LogP contribution in [-0.4, -0.2) is 137 Å². The standard InChI is InChI=1S/C25H41N5O7/c1-14(2)26-25(35)30-12-17-11-28(5-6-36-17)24(34)18-7-16(10-29(18)9-15-3-4-15)27-21(31)8-19-22(32)23(33)20(13-30)37-19/h14-20,22-23,32-33H,3-13H2,1-2H3,(H,26,35)(H,27,31)/t16-,17-,18-,19-,20+,22-,23+/m0/s1. The molecule has 0 aromatic carbocycles. The highest BCUT2D eigenvalue weighted by atomic mass is 16.5. The normalized spacial score (nSPS) is 37.7. The van der Waals surface area contributed by atoms with Gasteiger partial charge in [0, 0.05) is 38.3 Å². The molecular formula is C25H41N5O7. The second kappa shape index (κ2) is 11.0. The van der Waals surface area contributed by atoms with Gasteiger partial charge in [-0.05, 0) is 39.0 Å². The van der Waals surface area contributed by atoms with E-state index in [0.29, 0.717) is 38.6 Å². The largest absolute Gasteiger partial charge is 0.388 e. The molecule has 4 saturated heterocycles. The summed E-state index contributed by atoms with van der Waals surface area (Å²) in [6.45, 7) is 6.59. The van der Waals surface area contributed by atoms with Gasteiger partial charge < -0.3 is 40.1 Å². The Morgan fingerprint density at radius 3 is 2.59 bits per heavy atom. The number of likely N-dealkylation sites (tertiary alicyclic amines) is 1. The average molecular weight is 524 g/mol. The van der Waals surface area contributed by atoms with Crippen molar-refractivity contribution in [2.45, 2.75) is 88.2 Å². The highest BCUT2D eigenvalue weighted by Gasteiger charge is 2.47.